The molecule has 0 saturated heterocycles. The van der Waals surface area contributed by atoms with Crippen molar-refractivity contribution in [3.63, 3.8) is 0 Å². The maximum atomic E-state index is 10.4. The minimum absolute atomic E-state index is 0.317. The molecular weight excluding hydrogens is 150 g/mol. The van der Waals surface area contributed by atoms with Crippen molar-refractivity contribution in [2.24, 2.45) is 7.05 Å². The fraction of sp³-hybridized carbons (Fsp3) is 0.167. The van der Waals surface area contributed by atoms with Crippen LogP contribution < -0.4 is 0 Å². The second-order valence-electron chi connectivity index (χ2n) is 2.13. The van der Waals surface area contributed by atoms with Gasteiger partial charge in [-0.3, -0.25) is 0 Å². The van der Waals surface area contributed by atoms with E-state index in [1.54, 1.807) is 0 Å². The zero-order valence-corrected chi connectivity index (χ0v) is 5.77. The monoisotopic (exact) mass is 157 g/mol. The third-order valence-corrected chi connectivity index (χ3v) is 1.34. The normalized spacial score (nSPS) is 9.91. The number of hydrogen-bond acceptors (Lipinski definition) is 3. The smallest absolute Gasteiger partial charge is 0.356 e. The topological polar surface area (TPSA) is 82.7 Å². The van der Waals surface area contributed by atoms with E-state index in [0.717, 1.165) is 10.8 Å². The molecule has 0 aromatic carbocycles. The summed E-state index contributed by atoms with van der Waals surface area (Å²) in [6.45, 7) is 0. The molecule has 1 aromatic heterocycles. The highest BCUT2D eigenvalue weighted by Crippen LogP contribution is 2.29. The van der Waals surface area contributed by atoms with Crippen molar-refractivity contribution < 1.29 is 20.1 Å². The van der Waals surface area contributed by atoms with Crippen LogP contribution in [0.15, 0.2) is 6.20 Å². The lowest BCUT2D eigenvalue weighted by molar-refractivity contribution is 0.0683. The molecule has 0 aliphatic carbocycles. The lowest BCUT2D eigenvalue weighted by atomic mass is 10.4. The van der Waals surface area contributed by atoms with Gasteiger partial charge in [-0.1, -0.05) is 0 Å². The van der Waals surface area contributed by atoms with Crippen molar-refractivity contribution >= 4 is 5.97 Å². The first-order chi connectivity index (χ1) is 5.04. The van der Waals surface area contributed by atoms with Crippen LogP contribution in [-0.2, 0) is 7.05 Å². The predicted octanol–water partition coefficient (Wildman–Crippen LogP) is 0.134. The SMILES string of the molecule is Cn1cc(O)c(O)c1C(=O)O. The molecular formula is C6H7NO4. The van der Waals surface area contributed by atoms with E-state index in [2.05, 4.69) is 0 Å². The Bertz CT molecular complexity index is 302. The van der Waals surface area contributed by atoms with Gasteiger partial charge in [-0.15, -0.1) is 0 Å². The van der Waals surface area contributed by atoms with E-state index >= 15 is 0 Å². The van der Waals surface area contributed by atoms with Gasteiger partial charge in [0, 0.05) is 7.05 Å². The van der Waals surface area contributed by atoms with Gasteiger partial charge >= 0.3 is 5.97 Å². The molecule has 0 aliphatic heterocycles. The Hall–Kier alpha value is -1.65. The fourth-order valence-corrected chi connectivity index (χ4v) is 0.850. The fourth-order valence-electron chi connectivity index (χ4n) is 0.850. The first-order valence-electron chi connectivity index (χ1n) is 2.84. The molecule has 0 aliphatic rings. The van der Waals surface area contributed by atoms with Gasteiger partial charge < -0.3 is 19.9 Å². The number of aryl methyl sites for hydroxylation is 1. The standard InChI is InChI=1S/C6H7NO4/c1-7-2-3(8)5(9)4(7)6(10)11/h2,8-9H,1H3,(H,10,11). The Morgan fingerprint density at radius 1 is 1.55 bits per heavy atom. The van der Waals surface area contributed by atoms with E-state index < -0.39 is 17.5 Å². The summed E-state index contributed by atoms with van der Waals surface area (Å²) < 4.78 is 1.13. The van der Waals surface area contributed by atoms with Gasteiger partial charge in [-0.2, -0.15) is 0 Å². The molecule has 3 N–H and O–H groups in total. The van der Waals surface area contributed by atoms with Crippen molar-refractivity contribution in [2.75, 3.05) is 0 Å². The van der Waals surface area contributed by atoms with Crippen molar-refractivity contribution in [1.29, 1.82) is 0 Å². The Labute approximate surface area is 62.1 Å². The second-order valence-corrected chi connectivity index (χ2v) is 2.13. The van der Waals surface area contributed by atoms with Crippen LogP contribution in [0.1, 0.15) is 10.5 Å². The summed E-state index contributed by atoms with van der Waals surface area (Å²) >= 11 is 0. The lowest BCUT2D eigenvalue weighted by Gasteiger charge is -1.94. The van der Waals surface area contributed by atoms with Crippen molar-refractivity contribution in [3.8, 4) is 11.5 Å². The summed E-state index contributed by atoms with van der Waals surface area (Å²) in [6.07, 6.45) is 1.12. The summed E-state index contributed by atoms with van der Waals surface area (Å²) in [6, 6.07) is 0. The van der Waals surface area contributed by atoms with Gasteiger partial charge in [0.25, 0.3) is 0 Å². The van der Waals surface area contributed by atoms with E-state index in [1.165, 1.54) is 7.05 Å². The molecule has 1 rings (SSSR count). The van der Waals surface area contributed by atoms with E-state index in [-0.39, 0.29) is 5.69 Å². The summed E-state index contributed by atoms with van der Waals surface area (Å²) in [5.41, 5.74) is -0.317. The van der Waals surface area contributed by atoms with Gasteiger partial charge in [0.1, 0.15) is 0 Å². The summed E-state index contributed by atoms with van der Waals surface area (Å²) in [7, 11) is 1.42. The van der Waals surface area contributed by atoms with Gasteiger partial charge in [0.2, 0.25) is 0 Å². The van der Waals surface area contributed by atoms with Gasteiger partial charge in [-0.05, 0) is 0 Å². The highest BCUT2D eigenvalue weighted by Gasteiger charge is 2.18. The Morgan fingerprint density at radius 3 is 2.27 bits per heavy atom. The number of rotatable bonds is 1. The molecule has 1 aromatic rings. The molecule has 0 spiro atoms. The minimum Gasteiger partial charge on any atom is -0.503 e. The second kappa shape index (κ2) is 2.19. The maximum absolute atomic E-state index is 10.4. The molecule has 0 radical (unpaired) electrons. The highest BCUT2D eigenvalue weighted by molar-refractivity contribution is 5.90. The van der Waals surface area contributed by atoms with Crippen LogP contribution in [0.2, 0.25) is 0 Å². The third-order valence-electron chi connectivity index (χ3n) is 1.34. The molecule has 11 heavy (non-hydrogen) atoms. The average Bonchev–Trinajstić information content (AvgIpc) is 2.07. The molecule has 5 nitrogen and oxygen atoms in total. The van der Waals surface area contributed by atoms with Gasteiger partial charge in [-0.25, -0.2) is 4.79 Å². The van der Waals surface area contributed by atoms with Crippen LogP contribution >= 0.6 is 0 Å². The molecule has 0 bridgehead atoms. The highest BCUT2D eigenvalue weighted by atomic mass is 16.4. The molecule has 0 unspecified atom stereocenters. The molecule has 0 amide bonds. The van der Waals surface area contributed by atoms with Crippen LogP contribution in [0.5, 0.6) is 11.5 Å². The minimum atomic E-state index is -1.27. The van der Waals surface area contributed by atoms with Gasteiger partial charge in [0.15, 0.2) is 17.2 Å². The number of carboxylic acid groups (broad SMARTS) is 1. The number of aromatic nitrogens is 1. The Balaban J connectivity index is 3.34. The third kappa shape index (κ3) is 1.000. The largest absolute Gasteiger partial charge is 0.503 e. The van der Waals surface area contributed by atoms with Crippen LogP contribution in [-0.4, -0.2) is 25.9 Å². The lowest BCUT2D eigenvalue weighted by Crippen LogP contribution is -2.03. The van der Waals surface area contributed by atoms with Crippen molar-refractivity contribution in [1.82, 2.24) is 4.57 Å². The van der Waals surface area contributed by atoms with Crippen LogP contribution in [0, 0.1) is 0 Å². The molecule has 60 valence electrons. The predicted molar refractivity (Wildman–Crippen MR) is 35.7 cm³/mol. The van der Waals surface area contributed by atoms with Crippen LogP contribution in [0.25, 0.3) is 0 Å². The van der Waals surface area contributed by atoms with E-state index in [4.69, 9.17) is 15.3 Å². The van der Waals surface area contributed by atoms with E-state index in [1.807, 2.05) is 0 Å². The summed E-state index contributed by atoms with van der Waals surface area (Å²) in [5.74, 6) is -2.30. The number of nitrogens with zero attached hydrogens (tertiary/aromatic N) is 1. The molecule has 0 fully saturated rings. The van der Waals surface area contributed by atoms with Crippen LogP contribution in [0.3, 0.4) is 0 Å². The Kier molecular flexibility index (Phi) is 1.48. The zero-order valence-electron chi connectivity index (χ0n) is 5.77. The molecule has 0 atom stereocenters. The van der Waals surface area contributed by atoms with Gasteiger partial charge in [0.05, 0.1) is 6.20 Å². The molecule has 5 heteroatoms. The maximum Gasteiger partial charge on any atom is 0.356 e. The molecule has 0 saturated carbocycles. The average molecular weight is 157 g/mol. The number of aromatic carboxylic acids is 1. The van der Waals surface area contributed by atoms with Crippen LogP contribution in [0.4, 0.5) is 0 Å². The van der Waals surface area contributed by atoms with E-state index in [9.17, 15) is 4.79 Å². The number of carboxylic acids is 1. The van der Waals surface area contributed by atoms with Crippen molar-refractivity contribution in [2.45, 2.75) is 0 Å². The van der Waals surface area contributed by atoms with Crippen molar-refractivity contribution in [3.05, 3.63) is 11.9 Å². The van der Waals surface area contributed by atoms with E-state index in [0.29, 0.717) is 0 Å². The number of hydrogen-bond donors (Lipinski definition) is 3. The number of carbonyl (C=O) groups is 1. The number of aromatic hydroxyl groups is 2. The first kappa shape index (κ1) is 7.46. The molecule has 1 heterocycles. The Morgan fingerprint density at radius 2 is 2.09 bits per heavy atom. The first-order valence-corrected chi connectivity index (χ1v) is 2.84. The zero-order chi connectivity index (χ0) is 8.59. The summed E-state index contributed by atoms with van der Waals surface area (Å²) in [5, 5.41) is 26.2. The quantitative estimate of drug-likeness (QED) is 0.541. The summed E-state index contributed by atoms with van der Waals surface area (Å²) in [4.78, 5) is 10.4.